The summed E-state index contributed by atoms with van der Waals surface area (Å²) in [6.45, 7) is 7.69. The molecule has 0 aromatic heterocycles. The highest BCUT2D eigenvalue weighted by atomic mass is 15.1. The molecule has 1 aliphatic carbocycles. The van der Waals surface area contributed by atoms with Gasteiger partial charge in [0.1, 0.15) is 0 Å². The average Bonchev–Trinajstić information content (AvgIpc) is 2.89. The van der Waals surface area contributed by atoms with Gasteiger partial charge < -0.3 is 10.2 Å². The lowest BCUT2D eigenvalue weighted by atomic mass is 9.99. The molecule has 14 heavy (non-hydrogen) atoms. The molecule has 2 nitrogen and oxygen atoms in total. The van der Waals surface area contributed by atoms with Crippen LogP contribution in [0.25, 0.3) is 0 Å². The zero-order chi connectivity index (χ0) is 9.97. The summed E-state index contributed by atoms with van der Waals surface area (Å²) in [6.07, 6.45) is 4.31. The first kappa shape index (κ1) is 10.4. The Morgan fingerprint density at radius 3 is 2.57 bits per heavy atom. The molecule has 1 heterocycles. The summed E-state index contributed by atoms with van der Waals surface area (Å²) in [7, 11) is 2.07. The van der Waals surface area contributed by atoms with E-state index in [1.165, 1.54) is 45.4 Å². The van der Waals surface area contributed by atoms with Crippen LogP contribution in [0.15, 0.2) is 0 Å². The van der Waals surface area contributed by atoms with Crippen molar-refractivity contribution in [3.8, 4) is 0 Å². The Bertz CT molecular complexity index is 173. The molecule has 2 rings (SSSR count). The second-order valence-electron chi connectivity index (χ2n) is 5.30. The predicted octanol–water partition coefficient (Wildman–Crippen LogP) is 1.57. The van der Waals surface area contributed by atoms with Gasteiger partial charge in [0, 0.05) is 6.54 Å². The summed E-state index contributed by atoms with van der Waals surface area (Å²) in [6, 6.07) is 0. The van der Waals surface area contributed by atoms with Gasteiger partial charge in [0.05, 0.1) is 0 Å². The fourth-order valence-electron chi connectivity index (χ4n) is 2.62. The smallest absolute Gasteiger partial charge is 0.00129 e. The van der Waals surface area contributed by atoms with Gasteiger partial charge in [0.15, 0.2) is 0 Å². The predicted molar refractivity (Wildman–Crippen MR) is 60.4 cm³/mol. The first-order valence-electron chi connectivity index (χ1n) is 6.16. The summed E-state index contributed by atoms with van der Waals surface area (Å²) in [5.41, 5.74) is 0. The standard InChI is InChI=1S/C12H24N2/c1-10-3-5-14(6-4-10)9-12-7-11(12)8-13-2/h10-13H,3-9H2,1-2H3/t11-,12-/m1/s1. The highest BCUT2D eigenvalue weighted by Crippen LogP contribution is 2.38. The number of hydrogen-bond donors (Lipinski definition) is 1. The molecule has 0 amide bonds. The van der Waals surface area contributed by atoms with Crippen molar-refractivity contribution >= 4 is 0 Å². The summed E-state index contributed by atoms with van der Waals surface area (Å²) < 4.78 is 0. The van der Waals surface area contributed by atoms with Gasteiger partial charge in [-0.15, -0.1) is 0 Å². The molecule has 0 spiro atoms. The summed E-state index contributed by atoms with van der Waals surface area (Å²) in [4.78, 5) is 2.68. The van der Waals surface area contributed by atoms with Crippen LogP contribution in [-0.2, 0) is 0 Å². The lowest BCUT2D eigenvalue weighted by molar-refractivity contribution is 0.183. The summed E-state index contributed by atoms with van der Waals surface area (Å²) in [5, 5.41) is 3.29. The highest BCUT2D eigenvalue weighted by molar-refractivity contribution is 4.90. The van der Waals surface area contributed by atoms with E-state index in [4.69, 9.17) is 0 Å². The van der Waals surface area contributed by atoms with Crippen molar-refractivity contribution in [2.45, 2.75) is 26.2 Å². The zero-order valence-corrected chi connectivity index (χ0v) is 9.63. The molecule has 82 valence electrons. The van der Waals surface area contributed by atoms with E-state index in [1.807, 2.05) is 0 Å². The van der Waals surface area contributed by atoms with E-state index >= 15 is 0 Å². The van der Waals surface area contributed by atoms with Crippen molar-refractivity contribution in [2.75, 3.05) is 33.2 Å². The Hall–Kier alpha value is -0.0800. The van der Waals surface area contributed by atoms with Gasteiger partial charge in [-0.25, -0.2) is 0 Å². The number of hydrogen-bond acceptors (Lipinski definition) is 2. The van der Waals surface area contributed by atoms with Crippen molar-refractivity contribution in [1.29, 1.82) is 0 Å². The summed E-state index contributed by atoms with van der Waals surface area (Å²) in [5.74, 6) is 2.97. The minimum Gasteiger partial charge on any atom is -0.319 e. The molecule has 1 N–H and O–H groups in total. The van der Waals surface area contributed by atoms with Crippen LogP contribution in [0.5, 0.6) is 0 Å². The van der Waals surface area contributed by atoms with Gasteiger partial charge in [0.2, 0.25) is 0 Å². The first-order chi connectivity index (χ1) is 6.79. The van der Waals surface area contributed by atoms with Gasteiger partial charge >= 0.3 is 0 Å². The largest absolute Gasteiger partial charge is 0.319 e. The normalized spacial score (nSPS) is 34.7. The van der Waals surface area contributed by atoms with E-state index in [0.29, 0.717) is 0 Å². The van der Waals surface area contributed by atoms with E-state index in [-0.39, 0.29) is 0 Å². The van der Waals surface area contributed by atoms with Gasteiger partial charge in [0.25, 0.3) is 0 Å². The minimum atomic E-state index is 0.971. The number of piperidine rings is 1. The van der Waals surface area contributed by atoms with Gasteiger partial charge in [-0.1, -0.05) is 6.92 Å². The maximum Gasteiger partial charge on any atom is 0.00129 e. The summed E-state index contributed by atoms with van der Waals surface area (Å²) >= 11 is 0. The molecular formula is C12H24N2. The molecule has 0 aromatic carbocycles. The average molecular weight is 196 g/mol. The third-order valence-electron chi connectivity index (χ3n) is 3.90. The van der Waals surface area contributed by atoms with Gasteiger partial charge in [-0.05, 0) is 63.7 Å². The van der Waals surface area contributed by atoms with Crippen LogP contribution in [0.3, 0.4) is 0 Å². The molecule has 0 radical (unpaired) electrons. The first-order valence-corrected chi connectivity index (χ1v) is 6.16. The SMILES string of the molecule is CNC[C@H]1C[C@@H]1CN1CCC(C)CC1. The molecule has 2 atom stereocenters. The van der Waals surface area contributed by atoms with Crippen molar-refractivity contribution in [2.24, 2.45) is 17.8 Å². The molecular weight excluding hydrogens is 172 g/mol. The van der Waals surface area contributed by atoms with E-state index in [9.17, 15) is 0 Å². The number of nitrogens with zero attached hydrogens (tertiary/aromatic N) is 1. The van der Waals surface area contributed by atoms with Crippen LogP contribution in [0, 0.1) is 17.8 Å². The Kier molecular flexibility index (Phi) is 3.45. The van der Waals surface area contributed by atoms with Crippen molar-refractivity contribution in [1.82, 2.24) is 10.2 Å². The van der Waals surface area contributed by atoms with Crippen LogP contribution in [-0.4, -0.2) is 38.1 Å². The maximum atomic E-state index is 3.29. The van der Waals surface area contributed by atoms with Gasteiger partial charge in [-0.2, -0.15) is 0 Å². The maximum absolute atomic E-state index is 3.29. The molecule has 1 aliphatic heterocycles. The van der Waals surface area contributed by atoms with Crippen LogP contribution in [0.4, 0.5) is 0 Å². The van der Waals surface area contributed by atoms with Crippen molar-refractivity contribution in [3.63, 3.8) is 0 Å². The molecule has 1 saturated carbocycles. The monoisotopic (exact) mass is 196 g/mol. The van der Waals surface area contributed by atoms with E-state index < -0.39 is 0 Å². The fraction of sp³-hybridized carbons (Fsp3) is 1.00. The molecule has 0 unspecified atom stereocenters. The van der Waals surface area contributed by atoms with Crippen LogP contribution in [0.2, 0.25) is 0 Å². The molecule has 0 aromatic rings. The third-order valence-corrected chi connectivity index (χ3v) is 3.90. The second-order valence-corrected chi connectivity index (χ2v) is 5.30. The molecule has 2 fully saturated rings. The zero-order valence-electron chi connectivity index (χ0n) is 9.63. The number of likely N-dealkylation sites (tertiary alicyclic amines) is 1. The van der Waals surface area contributed by atoms with E-state index in [2.05, 4.69) is 24.2 Å². The Morgan fingerprint density at radius 1 is 1.21 bits per heavy atom. The molecule has 2 aliphatic rings. The Labute approximate surface area is 88.1 Å². The molecule has 1 saturated heterocycles. The van der Waals surface area contributed by atoms with Crippen LogP contribution >= 0.6 is 0 Å². The second kappa shape index (κ2) is 4.63. The Morgan fingerprint density at radius 2 is 1.93 bits per heavy atom. The van der Waals surface area contributed by atoms with E-state index in [0.717, 1.165) is 17.8 Å². The third kappa shape index (κ3) is 2.71. The van der Waals surface area contributed by atoms with Crippen LogP contribution < -0.4 is 5.32 Å². The van der Waals surface area contributed by atoms with Gasteiger partial charge in [-0.3, -0.25) is 0 Å². The minimum absolute atomic E-state index is 0.971. The quantitative estimate of drug-likeness (QED) is 0.734. The van der Waals surface area contributed by atoms with Crippen LogP contribution in [0.1, 0.15) is 26.2 Å². The number of nitrogens with one attached hydrogen (secondary N) is 1. The lowest BCUT2D eigenvalue weighted by Crippen LogP contribution is -2.34. The van der Waals surface area contributed by atoms with Crippen molar-refractivity contribution < 1.29 is 0 Å². The topological polar surface area (TPSA) is 15.3 Å². The Balaban J connectivity index is 1.62. The van der Waals surface area contributed by atoms with Crippen molar-refractivity contribution in [3.05, 3.63) is 0 Å². The molecule has 0 bridgehead atoms. The van der Waals surface area contributed by atoms with E-state index in [1.54, 1.807) is 0 Å². The highest BCUT2D eigenvalue weighted by Gasteiger charge is 2.37. The fourth-order valence-corrected chi connectivity index (χ4v) is 2.62. The number of rotatable bonds is 4. The lowest BCUT2D eigenvalue weighted by Gasteiger charge is -2.30. The molecule has 2 heteroatoms.